The van der Waals surface area contributed by atoms with Crippen LogP contribution < -0.4 is 5.73 Å². The van der Waals surface area contributed by atoms with Crippen molar-refractivity contribution in [2.45, 2.75) is 6.42 Å². The summed E-state index contributed by atoms with van der Waals surface area (Å²) in [5, 5.41) is 2.35. The van der Waals surface area contributed by atoms with Crippen LogP contribution in [0.25, 0.3) is 32.9 Å². The van der Waals surface area contributed by atoms with Gasteiger partial charge in [0.2, 0.25) is 0 Å². The number of aromatic nitrogens is 2. The Kier molecular flexibility index (Phi) is 3.65. The van der Waals surface area contributed by atoms with Gasteiger partial charge in [-0.2, -0.15) is 0 Å². The second kappa shape index (κ2) is 6.29. The lowest BCUT2D eigenvalue weighted by Gasteiger charge is -2.12. The molecule has 5 rings (SSSR count). The molecule has 3 aromatic carbocycles. The predicted octanol–water partition coefficient (Wildman–Crippen LogP) is 5.56. The van der Waals surface area contributed by atoms with Crippen molar-refractivity contribution >= 4 is 27.5 Å². The van der Waals surface area contributed by atoms with Crippen molar-refractivity contribution in [3.8, 4) is 11.1 Å². The van der Waals surface area contributed by atoms with Gasteiger partial charge < -0.3 is 10.7 Å². The predicted molar refractivity (Wildman–Crippen MR) is 113 cm³/mol. The van der Waals surface area contributed by atoms with E-state index < -0.39 is 0 Å². The summed E-state index contributed by atoms with van der Waals surface area (Å²) >= 11 is 0. The second-order valence-electron chi connectivity index (χ2n) is 6.80. The van der Waals surface area contributed by atoms with Crippen LogP contribution in [-0.2, 0) is 6.42 Å². The number of H-pyrrole nitrogens is 1. The number of rotatable bonds is 3. The molecule has 0 unspecified atom stereocenters. The normalized spacial score (nSPS) is 11.3. The summed E-state index contributed by atoms with van der Waals surface area (Å²) < 4.78 is 0. The molecule has 3 nitrogen and oxygen atoms in total. The van der Waals surface area contributed by atoms with E-state index in [1.165, 1.54) is 10.9 Å². The summed E-state index contributed by atoms with van der Waals surface area (Å²) in [6.07, 6.45) is 2.78. The van der Waals surface area contributed by atoms with E-state index in [2.05, 4.69) is 59.7 Å². The number of fused-ring (bicyclic) bond motifs is 2. The minimum absolute atomic E-state index is 0.701. The Morgan fingerprint density at radius 2 is 1.59 bits per heavy atom. The molecule has 0 saturated heterocycles. The highest BCUT2D eigenvalue weighted by Crippen LogP contribution is 2.34. The summed E-state index contributed by atoms with van der Waals surface area (Å²) in [6.45, 7) is 0. The van der Waals surface area contributed by atoms with E-state index in [4.69, 9.17) is 10.7 Å². The zero-order valence-electron chi connectivity index (χ0n) is 14.8. The Balaban J connectivity index is 1.75. The number of nitrogens with two attached hydrogens (primary N) is 1. The van der Waals surface area contributed by atoms with Crippen LogP contribution in [0.1, 0.15) is 11.3 Å². The van der Waals surface area contributed by atoms with E-state index in [-0.39, 0.29) is 0 Å². The van der Waals surface area contributed by atoms with E-state index in [0.29, 0.717) is 6.42 Å². The van der Waals surface area contributed by atoms with Gasteiger partial charge in [-0.15, -0.1) is 0 Å². The summed E-state index contributed by atoms with van der Waals surface area (Å²) in [5.74, 6) is 0. The number of anilines is 1. The van der Waals surface area contributed by atoms with Crippen molar-refractivity contribution < 1.29 is 0 Å². The molecule has 3 heteroatoms. The summed E-state index contributed by atoms with van der Waals surface area (Å²) in [5.41, 5.74) is 13.6. The highest BCUT2D eigenvalue weighted by molar-refractivity contribution is 5.98. The monoisotopic (exact) mass is 349 g/mol. The molecule has 0 aliphatic heterocycles. The Labute approximate surface area is 157 Å². The topological polar surface area (TPSA) is 54.7 Å². The number of hydrogen-bond acceptors (Lipinski definition) is 2. The Hall–Kier alpha value is -3.59. The zero-order chi connectivity index (χ0) is 18.2. The third-order valence-electron chi connectivity index (χ3n) is 5.10. The molecule has 0 aliphatic carbocycles. The van der Waals surface area contributed by atoms with Crippen molar-refractivity contribution in [1.29, 1.82) is 0 Å². The number of aromatic amines is 1. The molecule has 130 valence electrons. The molecule has 0 aliphatic rings. The van der Waals surface area contributed by atoms with E-state index in [1.807, 2.05) is 30.3 Å². The van der Waals surface area contributed by atoms with E-state index in [0.717, 1.165) is 38.9 Å². The van der Waals surface area contributed by atoms with Crippen LogP contribution in [0.15, 0.2) is 85.1 Å². The highest BCUT2D eigenvalue weighted by Gasteiger charge is 2.14. The number of pyridine rings is 1. The third-order valence-corrected chi connectivity index (χ3v) is 5.10. The first-order chi connectivity index (χ1) is 13.3. The first kappa shape index (κ1) is 15.6. The molecule has 5 aromatic rings. The molecule has 3 N–H and O–H groups in total. The Morgan fingerprint density at radius 1 is 0.815 bits per heavy atom. The first-order valence-corrected chi connectivity index (χ1v) is 9.08. The molecular formula is C24H19N3. The van der Waals surface area contributed by atoms with Crippen molar-refractivity contribution in [2.75, 3.05) is 5.73 Å². The zero-order valence-corrected chi connectivity index (χ0v) is 14.8. The smallest absolute Gasteiger partial charge is 0.0705 e. The van der Waals surface area contributed by atoms with E-state index >= 15 is 0 Å². The molecule has 0 radical (unpaired) electrons. The van der Waals surface area contributed by atoms with Gasteiger partial charge in [0.1, 0.15) is 0 Å². The molecule has 0 spiro atoms. The van der Waals surface area contributed by atoms with Crippen LogP contribution in [0.3, 0.4) is 0 Å². The number of hydrogen-bond donors (Lipinski definition) is 2. The van der Waals surface area contributed by atoms with Crippen molar-refractivity contribution in [3.05, 3.63) is 96.3 Å². The molecule has 0 amide bonds. The van der Waals surface area contributed by atoms with Crippen LogP contribution >= 0.6 is 0 Å². The van der Waals surface area contributed by atoms with Gasteiger partial charge in [0, 0.05) is 45.7 Å². The molecule has 0 fully saturated rings. The number of para-hydroxylation sites is 3. The van der Waals surface area contributed by atoms with Gasteiger partial charge in [-0.3, -0.25) is 4.98 Å². The number of benzene rings is 3. The fourth-order valence-electron chi connectivity index (χ4n) is 3.69. The van der Waals surface area contributed by atoms with Crippen molar-refractivity contribution in [1.82, 2.24) is 9.97 Å². The molecular weight excluding hydrogens is 330 g/mol. The van der Waals surface area contributed by atoms with Crippen LogP contribution in [0.4, 0.5) is 5.69 Å². The van der Waals surface area contributed by atoms with E-state index in [1.54, 1.807) is 0 Å². The maximum absolute atomic E-state index is 6.21. The second-order valence-corrected chi connectivity index (χ2v) is 6.80. The average molecular weight is 349 g/mol. The molecule has 2 heterocycles. The van der Waals surface area contributed by atoms with Gasteiger partial charge >= 0.3 is 0 Å². The minimum atomic E-state index is 0.701. The SMILES string of the molecule is Nc1ccccc1Cc1nc2ccccc2cc1-c1c[nH]c2ccccc12. The average Bonchev–Trinajstić information content (AvgIpc) is 3.13. The standard InChI is InChI=1S/C24H19N3/c25-21-10-4-1-7-16(21)14-24-19(13-17-8-2-5-11-22(17)27-24)20-15-26-23-12-6-3-9-18(20)23/h1-13,15,26H,14,25H2. The van der Waals surface area contributed by atoms with Gasteiger partial charge in [0.25, 0.3) is 0 Å². The maximum atomic E-state index is 6.21. The van der Waals surface area contributed by atoms with Crippen molar-refractivity contribution in [3.63, 3.8) is 0 Å². The largest absolute Gasteiger partial charge is 0.398 e. The lowest BCUT2D eigenvalue weighted by Crippen LogP contribution is -2.00. The number of nitrogens with zero attached hydrogens (tertiary/aromatic N) is 1. The molecule has 2 aromatic heterocycles. The van der Waals surface area contributed by atoms with Gasteiger partial charge in [-0.25, -0.2) is 0 Å². The van der Waals surface area contributed by atoms with Gasteiger partial charge in [0.15, 0.2) is 0 Å². The van der Waals surface area contributed by atoms with E-state index in [9.17, 15) is 0 Å². The Bertz CT molecular complexity index is 1270. The van der Waals surface area contributed by atoms with Gasteiger partial charge in [-0.1, -0.05) is 54.6 Å². The first-order valence-electron chi connectivity index (χ1n) is 9.08. The van der Waals surface area contributed by atoms with Crippen molar-refractivity contribution in [2.24, 2.45) is 0 Å². The highest BCUT2D eigenvalue weighted by atomic mass is 14.7. The molecule has 0 atom stereocenters. The van der Waals surface area contributed by atoms with Gasteiger partial charge in [-0.05, 0) is 29.8 Å². The molecule has 27 heavy (non-hydrogen) atoms. The lowest BCUT2D eigenvalue weighted by molar-refractivity contribution is 1.11. The summed E-state index contributed by atoms with van der Waals surface area (Å²) in [4.78, 5) is 8.39. The quantitative estimate of drug-likeness (QED) is 0.419. The maximum Gasteiger partial charge on any atom is 0.0705 e. The van der Waals surface area contributed by atoms with Gasteiger partial charge in [0.05, 0.1) is 11.2 Å². The fraction of sp³-hybridized carbons (Fsp3) is 0.0417. The third kappa shape index (κ3) is 2.74. The fourth-order valence-corrected chi connectivity index (χ4v) is 3.69. The number of nitrogens with one attached hydrogen (secondary N) is 1. The number of nitrogen functional groups attached to an aromatic ring is 1. The van der Waals surface area contributed by atoms with Crippen LogP contribution in [0.2, 0.25) is 0 Å². The molecule has 0 saturated carbocycles. The summed E-state index contributed by atoms with van der Waals surface area (Å²) in [6, 6.07) is 26.9. The summed E-state index contributed by atoms with van der Waals surface area (Å²) in [7, 11) is 0. The van der Waals surface area contributed by atoms with Crippen LogP contribution in [-0.4, -0.2) is 9.97 Å². The lowest BCUT2D eigenvalue weighted by atomic mass is 9.96. The van der Waals surface area contributed by atoms with Crippen LogP contribution in [0.5, 0.6) is 0 Å². The van der Waals surface area contributed by atoms with Crippen LogP contribution in [0, 0.1) is 0 Å². The minimum Gasteiger partial charge on any atom is -0.398 e. The molecule has 0 bridgehead atoms. The Morgan fingerprint density at radius 3 is 2.52 bits per heavy atom.